The topological polar surface area (TPSA) is 48.1 Å². The monoisotopic (exact) mass is 262 g/mol. The van der Waals surface area contributed by atoms with Gasteiger partial charge in [0.15, 0.2) is 0 Å². The summed E-state index contributed by atoms with van der Waals surface area (Å²) in [4.78, 5) is 4.58. The Labute approximate surface area is 112 Å². The molecule has 96 valence electrons. The average molecular weight is 262 g/mol. The van der Waals surface area contributed by atoms with Crippen molar-refractivity contribution in [1.82, 2.24) is 4.98 Å². The lowest BCUT2D eigenvalue weighted by molar-refractivity contribution is 0.341. The van der Waals surface area contributed by atoms with Crippen LogP contribution < -0.4 is 10.5 Å². The molecule has 1 atom stereocenters. The fourth-order valence-corrected chi connectivity index (χ4v) is 2.52. The standard InChI is InChI=1S/C14H18N2OS/c1-4-17-13-6-5-9(2)7-11(13)12-8-18-14(16-12)10(3)15/h5-8,10H,4,15H2,1-3H3. The van der Waals surface area contributed by atoms with E-state index in [1.807, 2.05) is 31.4 Å². The van der Waals surface area contributed by atoms with Gasteiger partial charge in [0.05, 0.1) is 18.3 Å². The minimum atomic E-state index is -0.0240. The molecule has 0 amide bonds. The summed E-state index contributed by atoms with van der Waals surface area (Å²) in [5.41, 5.74) is 9.03. The molecule has 0 aliphatic carbocycles. The van der Waals surface area contributed by atoms with Crippen LogP contribution in [-0.2, 0) is 0 Å². The van der Waals surface area contributed by atoms with Gasteiger partial charge in [0, 0.05) is 10.9 Å². The van der Waals surface area contributed by atoms with Gasteiger partial charge in [-0.3, -0.25) is 0 Å². The van der Waals surface area contributed by atoms with E-state index in [4.69, 9.17) is 10.5 Å². The summed E-state index contributed by atoms with van der Waals surface area (Å²) < 4.78 is 5.65. The zero-order valence-electron chi connectivity index (χ0n) is 10.9. The van der Waals surface area contributed by atoms with E-state index in [0.29, 0.717) is 6.61 Å². The SMILES string of the molecule is CCOc1ccc(C)cc1-c1csc(C(C)N)n1. The van der Waals surface area contributed by atoms with E-state index in [1.165, 1.54) is 5.56 Å². The van der Waals surface area contributed by atoms with Gasteiger partial charge in [-0.1, -0.05) is 11.6 Å². The third-order valence-corrected chi connectivity index (χ3v) is 3.67. The Morgan fingerprint density at radius 3 is 2.83 bits per heavy atom. The highest BCUT2D eigenvalue weighted by molar-refractivity contribution is 7.10. The zero-order chi connectivity index (χ0) is 13.1. The fraction of sp³-hybridized carbons (Fsp3) is 0.357. The molecule has 0 radical (unpaired) electrons. The number of ether oxygens (including phenoxy) is 1. The van der Waals surface area contributed by atoms with Crippen LogP contribution in [0.3, 0.4) is 0 Å². The Kier molecular flexibility index (Phi) is 3.99. The molecule has 4 heteroatoms. The van der Waals surface area contributed by atoms with Crippen molar-refractivity contribution in [2.45, 2.75) is 26.8 Å². The summed E-state index contributed by atoms with van der Waals surface area (Å²) in [6.45, 7) is 6.65. The molecule has 0 saturated carbocycles. The zero-order valence-corrected chi connectivity index (χ0v) is 11.8. The van der Waals surface area contributed by atoms with Crippen LogP contribution in [0.2, 0.25) is 0 Å². The Bertz CT molecular complexity index is 534. The molecular formula is C14H18N2OS. The first-order valence-electron chi connectivity index (χ1n) is 6.06. The molecular weight excluding hydrogens is 244 g/mol. The molecule has 0 bridgehead atoms. The van der Waals surface area contributed by atoms with Gasteiger partial charge in [-0.2, -0.15) is 0 Å². The van der Waals surface area contributed by atoms with Crippen molar-refractivity contribution in [3.8, 4) is 17.0 Å². The molecule has 3 nitrogen and oxygen atoms in total. The molecule has 0 fully saturated rings. The number of thiazole rings is 1. The van der Waals surface area contributed by atoms with Crippen molar-refractivity contribution in [3.05, 3.63) is 34.2 Å². The van der Waals surface area contributed by atoms with Gasteiger partial charge in [0.25, 0.3) is 0 Å². The second kappa shape index (κ2) is 5.50. The van der Waals surface area contributed by atoms with Crippen molar-refractivity contribution in [3.63, 3.8) is 0 Å². The Hall–Kier alpha value is -1.39. The minimum absolute atomic E-state index is 0.0240. The number of aromatic nitrogens is 1. The molecule has 2 N–H and O–H groups in total. The summed E-state index contributed by atoms with van der Waals surface area (Å²) in [5.74, 6) is 0.879. The Balaban J connectivity index is 2.44. The van der Waals surface area contributed by atoms with Crippen LogP contribution in [0.4, 0.5) is 0 Å². The van der Waals surface area contributed by atoms with Gasteiger partial charge in [-0.15, -0.1) is 11.3 Å². The lowest BCUT2D eigenvalue weighted by Gasteiger charge is -2.09. The van der Waals surface area contributed by atoms with Crippen LogP contribution in [-0.4, -0.2) is 11.6 Å². The first kappa shape index (κ1) is 13.1. The Morgan fingerprint density at radius 2 is 2.22 bits per heavy atom. The molecule has 2 rings (SSSR count). The number of hydrogen-bond donors (Lipinski definition) is 1. The molecule has 18 heavy (non-hydrogen) atoms. The highest BCUT2D eigenvalue weighted by Crippen LogP contribution is 2.32. The summed E-state index contributed by atoms with van der Waals surface area (Å²) in [5, 5.41) is 2.99. The average Bonchev–Trinajstić information content (AvgIpc) is 2.81. The van der Waals surface area contributed by atoms with Crippen LogP contribution in [0, 0.1) is 6.92 Å². The second-order valence-corrected chi connectivity index (χ2v) is 5.18. The maximum Gasteiger partial charge on any atom is 0.128 e. The predicted molar refractivity (Wildman–Crippen MR) is 76.1 cm³/mol. The number of rotatable bonds is 4. The molecule has 0 spiro atoms. The molecule has 1 aromatic heterocycles. The fourth-order valence-electron chi connectivity index (χ4n) is 1.75. The summed E-state index contributed by atoms with van der Waals surface area (Å²) in [7, 11) is 0. The molecule has 1 heterocycles. The maximum atomic E-state index is 5.85. The summed E-state index contributed by atoms with van der Waals surface area (Å²) in [6, 6.07) is 6.13. The normalized spacial score (nSPS) is 12.4. The minimum Gasteiger partial charge on any atom is -0.493 e. The maximum absolute atomic E-state index is 5.85. The van der Waals surface area contributed by atoms with Gasteiger partial charge in [0.2, 0.25) is 0 Å². The van der Waals surface area contributed by atoms with E-state index < -0.39 is 0 Å². The quantitative estimate of drug-likeness (QED) is 0.916. The van der Waals surface area contributed by atoms with E-state index in [2.05, 4.69) is 18.0 Å². The largest absolute Gasteiger partial charge is 0.493 e. The molecule has 2 aromatic rings. The van der Waals surface area contributed by atoms with Gasteiger partial charge in [-0.25, -0.2) is 4.98 Å². The number of hydrogen-bond acceptors (Lipinski definition) is 4. The third-order valence-electron chi connectivity index (χ3n) is 2.62. The number of benzene rings is 1. The van der Waals surface area contributed by atoms with Gasteiger partial charge in [0.1, 0.15) is 10.8 Å². The van der Waals surface area contributed by atoms with Crippen LogP contribution in [0.5, 0.6) is 5.75 Å². The molecule has 0 saturated heterocycles. The predicted octanol–water partition coefficient (Wildman–Crippen LogP) is 3.54. The van der Waals surface area contributed by atoms with Crippen LogP contribution in [0.1, 0.15) is 30.5 Å². The van der Waals surface area contributed by atoms with Crippen LogP contribution >= 0.6 is 11.3 Å². The van der Waals surface area contributed by atoms with E-state index in [9.17, 15) is 0 Å². The lowest BCUT2D eigenvalue weighted by Crippen LogP contribution is -2.04. The van der Waals surface area contributed by atoms with Gasteiger partial charge >= 0.3 is 0 Å². The molecule has 0 aliphatic rings. The third kappa shape index (κ3) is 2.71. The van der Waals surface area contributed by atoms with E-state index in [-0.39, 0.29) is 6.04 Å². The van der Waals surface area contributed by atoms with E-state index >= 15 is 0 Å². The first-order valence-corrected chi connectivity index (χ1v) is 6.94. The summed E-state index contributed by atoms with van der Waals surface area (Å²) >= 11 is 1.59. The van der Waals surface area contributed by atoms with Crippen LogP contribution in [0.15, 0.2) is 23.6 Å². The van der Waals surface area contributed by atoms with Gasteiger partial charge < -0.3 is 10.5 Å². The van der Waals surface area contributed by atoms with Crippen molar-refractivity contribution >= 4 is 11.3 Å². The number of nitrogens with zero attached hydrogens (tertiary/aromatic N) is 1. The summed E-state index contributed by atoms with van der Waals surface area (Å²) in [6.07, 6.45) is 0. The van der Waals surface area contributed by atoms with Crippen molar-refractivity contribution < 1.29 is 4.74 Å². The second-order valence-electron chi connectivity index (χ2n) is 4.29. The van der Waals surface area contributed by atoms with E-state index in [0.717, 1.165) is 22.0 Å². The molecule has 0 aliphatic heterocycles. The van der Waals surface area contributed by atoms with Gasteiger partial charge in [-0.05, 0) is 32.9 Å². The van der Waals surface area contributed by atoms with E-state index in [1.54, 1.807) is 11.3 Å². The molecule has 1 unspecified atom stereocenters. The first-order chi connectivity index (χ1) is 8.61. The number of aryl methyl sites for hydroxylation is 1. The highest BCUT2D eigenvalue weighted by atomic mass is 32.1. The van der Waals surface area contributed by atoms with Crippen molar-refractivity contribution in [2.24, 2.45) is 5.73 Å². The number of nitrogens with two attached hydrogens (primary N) is 1. The highest BCUT2D eigenvalue weighted by Gasteiger charge is 2.12. The van der Waals surface area contributed by atoms with Crippen molar-refractivity contribution in [2.75, 3.05) is 6.61 Å². The van der Waals surface area contributed by atoms with Crippen molar-refractivity contribution in [1.29, 1.82) is 0 Å². The molecule has 1 aromatic carbocycles. The smallest absolute Gasteiger partial charge is 0.128 e. The van der Waals surface area contributed by atoms with Crippen LogP contribution in [0.25, 0.3) is 11.3 Å². The lowest BCUT2D eigenvalue weighted by atomic mass is 10.1. The Morgan fingerprint density at radius 1 is 1.44 bits per heavy atom.